The fourth-order valence-electron chi connectivity index (χ4n) is 4.48. The second kappa shape index (κ2) is 8.15. The summed E-state index contributed by atoms with van der Waals surface area (Å²) in [6.07, 6.45) is 5.48. The molecule has 4 rings (SSSR count). The molecule has 0 radical (unpaired) electrons. The number of hydrogen-bond donors (Lipinski definition) is 1. The van der Waals surface area contributed by atoms with Crippen LogP contribution in [-0.2, 0) is 0 Å². The molecular weight excluding hydrogens is 380 g/mol. The zero-order valence-electron chi connectivity index (χ0n) is 17.1. The molecule has 0 saturated heterocycles. The van der Waals surface area contributed by atoms with Crippen molar-refractivity contribution in [2.45, 2.75) is 45.1 Å². The van der Waals surface area contributed by atoms with Gasteiger partial charge in [-0.1, -0.05) is 12.8 Å². The summed E-state index contributed by atoms with van der Waals surface area (Å²) in [7, 11) is 1.46. The zero-order chi connectivity index (χ0) is 21.3. The molecule has 1 atom stereocenters. The van der Waals surface area contributed by atoms with Gasteiger partial charge in [-0.3, -0.25) is 0 Å². The summed E-state index contributed by atoms with van der Waals surface area (Å²) in [5, 5.41) is 25.6. The molecule has 1 aliphatic carbocycles. The first kappa shape index (κ1) is 19.9. The number of aromatic nitrogens is 1. The van der Waals surface area contributed by atoms with Crippen molar-refractivity contribution >= 4 is 17.5 Å². The van der Waals surface area contributed by atoms with Crippen molar-refractivity contribution in [2.75, 3.05) is 12.1 Å². The molecule has 0 unspecified atom stereocenters. The quantitative estimate of drug-likeness (QED) is 0.804. The summed E-state index contributed by atoms with van der Waals surface area (Å²) >= 11 is 0. The molecule has 0 amide bonds. The zero-order valence-corrected chi connectivity index (χ0v) is 17.1. The topological polar surface area (TPSA) is 98.8 Å². The van der Waals surface area contributed by atoms with Gasteiger partial charge in [-0.05, 0) is 61.6 Å². The van der Waals surface area contributed by atoms with Crippen molar-refractivity contribution in [1.82, 2.24) is 4.98 Å². The number of hydrazone groups is 1. The molecular formula is C23H24N4O3. The molecule has 1 saturated carbocycles. The van der Waals surface area contributed by atoms with E-state index in [4.69, 9.17) is 9.84 Å². The van der Waals surface area contributed by atoms with Crippen molar-refractivity contribution in [3.05, 3.63) is 52.7 Å². The molecule has 1 aromatic carbocycles. The minimum Gasteiger partial charge on any atom is -0.496 e. The van der Waals surface area contributed by atoms with Crippen LogP contribution in [0.4, 0.5) is 5.82 Å². The van der Waals surface area contributed by atoms with Gasteiger partial charge in [0.1, 0.15) is 23.2 Å². The van der Waals surface area contributed by atoms with Gasteiger partial charge in [0.25, 0.3) is 0 Å². The molecule has 2 aliphatic rings. The van der Waals surface area contributed by atoms with Crippen LogP contribution in [0.3, 0.4) is 0 Å². The van der Waals surface area contributed by atoms with E-state index in [1.807, 2.05) is 24.1 Å². The number of methoxy groups -OCH3 is 1. The maximum atomic E-state index is 11.6. The van der Waals surface area contributed by atoms with Crippen LogP contribution in [0.25, 0.3) is 0 Å². The molecule has 7 heteroatoms. The monoisotopic (exact) mass is 404 g/mol. The molecule has 2 aromatic rings. The maximum absolute atomic E-state index is 11.6. The van der Waals surface area contributed by atoms with Gasteiger partial charge >= 0.3 is 5.97 Å². The number of nitrogens with zero attached hydrogens (tertiary/aromatic N) is 4. The third-order valence-electron chi connectivity index (χ3n) is 6.08. The van der Waals surface area contributed by atoms with E-state index < -0.39 is 5.97 Å². The van der Waals surface area contributed by atoms with Crippen LogP contribution in [0.2, 0.25) is 0 Å². The van der Waals surface area contributed by atoms with E-state index >= 15 is 0 Å². The second-order valence-corrected chi connectivity index (χ2v) is 7.84. The van der Waals surface area contributed by atoms with Crippen LogP contribution in [-0.4, -0.2) is 34.9 Å². The van der Waals surface area contributed by atoms with Crippen LogP contribution in [0, 0.1) is 24.2 Å². The highest BCUT2D eigenvalue weighted by Crippen LogP contribution is 2.38. The van der Waals surface area contributed by atoms with E-state index in [2.05, 4.69) is 11.1 Å². The average Bonchev–Trinajstić information content (AvgIpc) is 3.43. The molecule has 1 N–H and O–H groups in total. The molecule has 154 valence electrons. The van der Waals surface area contributed by atoms with Crippen LogP contribution in [0.1, 0.15) is 59.3 Å². The summed E-state index contributed by atoms with van der Waals surface area (Å²) in [4.78, 5) is 16.3. The normalized spacial score (nSPS) is 18.9. The highest BCUT2D eigenvalue weighted by atomic mass is 16.5. The fraction of sp³-hybridized carbons (Fsp3) is 0.391. The Labute approximate surface area is 175 Å². The van der Waals surface area contributed by atoms with Gasteiger partial charge in [0.15, 0.2) is 0 Å². The molecule has 2 heterocycles. The number of carbonyl (C=O) groups is 1. The average molecular weight is 404 g/mol. The van der Waals surface area contributed by atoms with Gasteiger partial charge < -0.3 is 9.84 Å². The van der Waals surface area contributed by atoms with Crippen molar-refractivity contribution in [3.8, 4) is 11.8 Å². The Hall–Kier alpha value is -3.40. The molecule has 30 heavy (non-hydrogen) atoms. The first-order valence-corrected chi connectivity index (χ1v) is 10.2. The minimum absolute atomic E-state index is 0.126. The molecule has 0 spiro atoms. The summed E-state index contributed by atoms with van der Waals surface area (Å²) in [5.74, 6) is 0.547. The predicted molar refractivity (Wildman–Crippen MR) is 113 cm³/mol. The largest absolute Gasteiger partial charge is 0.496 e. The maximum Gasteiger partial charge on any atom is 0.339 e. The lowest BCUT2D eigenvalue weighted by atomic mass is 9.92. The first-order chi connectivity index (χ1) is 14.5. The SMILES string of the molecule is COc1ccc(C2=NN(c3ccc(C#N)c(C)n3)[C@@H](C3CCCC3)C2)cc1C(=O)O. The molecule has 1 aromatic heterocycles. The fourth-order valence-corrected chi connectivity index (χ4v) is 4.48. The third-order valence-corrected chi connectivity index (χ3v) is 6.08. The van der Waals surface area contributed by atoms with Crippen molar-refractivity contribution in [1.29, 1.82) is 5.26 Å². The number of carboxylic acids is 1. The third kappa shape index (κ3) is 3.61. The summed E-state index contributed by atoms with van der Waals surface area (Å²) < 4.78 is 5.18. The van der Waals surface area contributed by atoms with E-state index in [0.29, 0.717) is 22.9 Å². The van der Waals surface area contributed by atoms with Crippen LogP contribution in [0.5, 0.6) is 5.75 Å². The van der Waals surface area contributed by atoms with Gasteiger partial charge in [0, 0.05) is 6.42 Å². The Morgan fingerprint density at radius 3 is 2.67 bits per heavy atom. The summed E-state index contributed by atoms with van der Waals surface area (Å²) in [5.41, 5.74) is 2.99. The van der Waals surface area contributed by atoms with Crippen molar-refractivity contribution in [3.63, 3.8) is 0 Å². The standard InChI is InChI=1S/C23H24N4O3/c1-14-17(13-24)8-10-22(25-14)27-20(15-5-3-4-6-15)12-19(26-27)16-7-9-21(30-2)18(11-16)23(28)29/h7-11,15,20H,3-6,12H2,1-2H3,(H,28,29)/t20-/m1/s1. The van der Waals surface area contributed by atoms with Gasteiger partial charge in [-0.2, -0.15) is 10.4 Å². The van der Waals surface area contributed by atoms with Crippen molar-refractivity contribution in [2.24, 2.45) is 11.0 Å². The Balaban J connectivity index is 1.73. The minimum atomic E-state index is -1.03. The molecule has 1 fully saturated rings. The Morgan fingerprint density at radius 1 is 1.27 bits per heavy atom. The Bertz CT molecular complexity index is 1050. The van der Waals surface area contributed by atoms with E-state index in [0.717, 1.165) is 36.4 Å². The lowest BCUT2D eigenvalue weighted by Crippen LogP contribution is -2.33. The number of aromatic carboxylic acids is 1. The summed E-state index contributed by atoms with van der Waals surface area (Å²) in [6, 6.07) is 11.1. The number of nitriles is 1. The first-order valence-electron chi connectivity index (χ1n) is 10.2. The lowest BCUT2D eigenvalue weighted by Gasteiger charge is -2.27. The number of hydrogen-bond acceptors (Lipinski definition) is 6. The Kier molecular flexibility index (Phi) is 5.40. The predicted octanol–water partition coefficient (Wildman–Crippen LogP) is 4.14. The van der Waals surface area contributed by atoms with Crippen LogP contribution < -0.4 is 9.75 Å². The van der Waals surface area contributed by atoms with Gasteiger partial charge in [0.05, 0.1) is 30.1 Å². The smallest absolute Gasteiger partial charge is 0.339 e. The number of carboxylic acid groups (broad SMARTS) is 1. The van der Waals surface area contributed by atoms with E-state index in [9.17, 15) is 15.2 Å². The highest BCUT2D eigenvalue weighted by molar-refractivity contribution is 6.05. The lowest BCUT2D eigenvalue weighted by molar-refractivity contribution is 0.0693. The summed E-state index contributed by atoms with van der Waals surface area (Å²) in [6.45, 7) is 1.83. The number of pyridine rings is 1. The number of rotatable bonds is 5. The number of benzene rings is 1. The van der Waals surface area contributed by atoms with Crippen LogP contribution in [0.15, 0.2) is 35.4 Å². The van der Waals surface area contributed by atoms with Crippen molar-refractivity contribution < 1.29 is 14.6 Å². The van der Waals surface area contributed by atoms with Crippen LogP contribution >= 0.6 is 0 Å². The second-order valence-electron chi connectivity index (χ2n) is 7.84. The van der Waals surface area contributed by atoms with Gasteiger partial charge in [-0.25, -0.2) is 14.8 Å². The molecule has 1 aliphatic heterocycles. The van der Waals surface area contributed by atoms with E-state index in [1.165, 1.54) is 20.0 Å². The van der Waals surface area contributed by atoms with Gasteiger partial charge in [0.2, 0.25) is 0 Å². The molecule has 7 nitrogen and oxygen atoms in total. The van der Waals surface area contributed by atoms with Gasteiger partial charge in [-0.15, -0.1) is 0 Å². The number of ether oxygens (including phenoxy) is 1. The Morgan fingerprint density at radius 2 is 2.03 bits per heavy atom. The number of aryl methyl sites for hydroxylation is 1. The molecule has 0 bridgehead atoms. The van der Waals surface area contributed by atoms with E-state index in [1.54, 1.807) is 18.2 Å². The highest BCUT2D eigenvalue weighted by Gasteiger charge is 2.37. The van der Waals surface area contributed by atoms with E-state index in [-0.39, 0.29) is 11.6 Å². The number of anilines is 1.